The van der Waals surface area contributed by atoms with Gasteiger partial charge in [0.05, 0.1) is 0 Å². The van der Waals surface area contributed by atoms with Crippen molar-refractivity contribution in [1.29, 1.82) is 0 Å². The van der Waals surface area contributed by atoms with Crippen LogP contribution in [-0.2, 0) is 0 Å². The second-order valence-electron chi connectivity index (χ2n) is 5.11. The number of nitrogens with two attached hydrogens (primary N) is 1. The second-order valence-corrected chi connectivity index (χ2v) is 5.11. The minimum atomic E-state index is 0.565. The summed E-state index contributed by atoms with van der Waals surface area (Å²) < 4.78 is 5.76. The lowest BCUT2D eigenvalue weighted by Crippen LogP contribution is -2.29. The molecular formula is C15H26N2O. The molecule has 2 N–H and O–H groups in total. The Kier molecular flexibility index (Phi) is 6.16. The number of ether oxygens (including phenoxy) is 1. The second kappa shape index (κ2) is 7.39. The monoisotopic (exact) mass is 250 g/mol. The Morgan fingerprint density at radius 1 is 1.28 bits per heavy atom. The highest BCUT2D eigenvalue weighted by atomic mass is 16.5. The van der Waals surface area contributed by atoms with Gasteiger partial charge in [0.1, 0.15) is 12.4 Å². The summed E-state index contributed by atoms with van der Waals surface area (Å²) in [6.07, 6.45) is 0. The average molecular weight is 250 g/mol. The van der Waals surface area contributed by atoms with E-state index in [2.05, 4.69) is 50.9 Å². The van der Waals surface area contributed by atoms with Crippen LogP contribution in [0.4, 0.5) is 0 Å². The summed E-state index contributed by atoms with van der Waals surface area (Å²) in [5, 5.41) is 0. The molecule has 0 aliphatic rings. The Morgan fingerprint density at radius 3 is 2.56 bits per heavy atom. The molecule has 0 amide bonds. The Hall–Kier alpha value is -1.06. The topological polar surface area (TPSA) is 38.5 Å². The Labute approximate surface area is 111 Å². The molecule has 3 heteroatoms. The van der Waals surface area contributed by atoms with E-state index in [1.54, 1.807) is 0 Å². The fourth-order valence-electron chi connectivity index (χ4n) is 2.04. The van der Waals surface area contributed by atoms with Crippen molar-refractivity contribution >= 4 is 0 Å². The zero-order chi connectivity index (χ0) is 13.5. The Balaban J connectivity index is 2.46. The van der Waals surface area contributed by atoms with Crippen LogP contribution in [0.1, 0.15) is 30.9 Å². The van der Waals surface area contributed by atoms with Crippen LogP contribution in [0, 0.1) is 6.92 Å². The van der Waals surface area contributed by atoms with E-state index >= 15 is 0 Å². The van der Waals surface area contributed by atoms with E-state index in [4.69, 9.17) is 10.5 Å². The van der Waals surface area contributed by atoms with Crippen LogP contribution in [-0.4, -0.2) is 38.2 Å². The van der Waals surface area contributed by atoms with E-state index in [0.29, 0.717) is 19.1 Å². The van der Waals surface area contributed by atoms with Crippen molar-refractivity contribution in [2.24, 2.45) is 5.73 Å². The van der Waals surface area contributed by atoms with E-state index in [9.17, 15) is 0 Å². The normalized spacial score (nSPS) is 11.3. The van der Waals surface area contributed by atoms with Gasteiger partial charge in [-0.05, 0) is 43.1 Å². The largest absolute Gasteiger partial charge is 0.492 e. The fourth-order valence-corrected chi connectivity index (χ4v) is 2.04. The van der Waals surface area contributed by atoms with Crippen LogP contribution in [0.15, 0.2) is 18.2 Å². The van der Waals surface area contributed by atoms with E-state index in [1.165, 1.54) is 11.1 Å². The van der Waals surface area contributed by atoms with Crippen LogP contribution in [0.2, 0.25) is 0 Å². The van der Waals surface area contributed by atoms with Gasteiger partial charge in [-0.2, -0.15) is 0 Å². The maximum Gasteiger partial charge on any atom is 0.119 e. The highest BCUT2D eigenvalue weighted by Crippen LogP contribution is 2.23. The highest BCUT2D eigenvalue weighted by Gasteiger charge is 2.05. The predicted molar refractivity (Wildman–Crippen MR) is 77.3 cm³/mol. The van der Waals surface area contributed by atoms with Crippen LogP contribution in [0.5, 0.6) is 5.75 Å². The number of hydrogen-bond donors (Lipinski definition) is 1. The van der Waals surface area contributed by atoms with Gasteiger partial charge in [0.15, 0.2) is 0 Å². The van der Waals surface area contributed by atoms with Gasteiger partial charge in [-0.3, -0.25) is 0 Å². The first-order valence-electron chi connectivity index (χ1n) is 6.66. The minimum absolute atomic E-state index is 0.565. The molecule has 0 saturated carbocycles. The maximum absolute atomic E-state index is 5.76. The molecule has 0 bridgehead atoms. The molecule has 0 heterocycles. The summed E-state index contributed by atoms with van der Waals surface area (Å²) in [5.74, 6) is 1.52. The third-order valence-corrected chi connectivity index (χ3v) is 3.12. The molecule has 0 radical (unpaired) electrons. The molecule has 0 atom stereocenters. The summed E-state index contributed by atoms with van der Waals surface area (Å²) in [6, 6.07) is 6.35. The Bertz CT molecular complexity index is 364. The SMILES string of the molecule is Cc1cc(OCCN(C)CCN)ccc1C(C)C. The molecule has 1 aromatic carbocycles. The lowest BCUT2D eigenvalue weighted by atomic mass is 9.98. The van der Waals surface area contributed by atoms with Gasteiger partial charge in [-0.15, -0.1) is 0 Å². The third-order valence-electron chi connectivity index (χ3n) is 3.12. The molecule has 0 aromatic heterocycles. The standard InChI is InChI=1S/C15H26N2O/c1-12(2)15-6-5-14(11-13(15)3)18-10-9-17(4)8-7-16/h5-6,11-12H,7-10,16H2,1-4H3. The molecule has 0 spiro atoms. The van der Waals surface area contributed by atoms with Crippen molar-refractivity contribution in [1.82, 2.24) is 4.90 Å². The van der Waals surface area contributed by atoms with Crippen LogP contribution in [0.3, 0.4) is 0 Å². The molecule has 1 rings (SSSR count). The lowest BCUT2D eigenvalue weighted by molar-refractivity contribution is 0.241. The first-order chi connectivity index (χ1) is 8.54. The maximum atomic E-state index is 5.76. The summed E-state index contributed by atoms with van der Waals surface area (Å²) >= 11 is 0. The molecule has 0 unspecified atom stereocenters. The molecular weight excluding hydrogens is 224 g/mol. The molecule has 18 heavy (non-hydrogen) atoms. The van der Waals surface area contributed by atoms with Gasteiger partial charge in [-0.25, -0.2) is 0 Å². The van der Waals surface area contributed by atoms with Gasteiger partial charge in [-0.1, -0.05) is 19.9 Å². The van der Waals surface area contributed by atoms with Gasteiger partial charge >= 0.3 is 0 Å². The molecule has 0 saturated heterocycles. The zero-order valence-electron chi connectivity index (χ0n) is 12.1. The van der Waals surface area contributed by atoms with E-state index in [1.807, 2.05) is 0 Å². The first kappa shape index (κ1) is 15.0. The lowest BCUT2D eigenvalue weighted by Gasteiger charge is -2.16. The van der Waals surface area contributed by atoms with E-state index in [0.717, 1.165) is 18.8 Å². The molecule has 1 aromatic rings. The summed E-state index contributed by atoms with van der Waals surface area (Å²) in [6.45, 7) is 9.78. The van der Waals surface area contributed by atoms with Crippen LogP contribution < -0.4 is 10.5 Å². The number of aryl methyl sites for hydroxylation is 1. The van der Waals surface area contributed by atoms with E-state index in [-0.39, 0.29) is 0 Å². The molecule has 102 valence electrons. The van der Waals surface area contributed by atoms with Crippen LogP contribution >= 0.6 is 0 Å². The van der Waals surface area contributed by atoms with Gasteiger partial charge in [0.2, 0.25) is 0 Å². The van der Waals surface area contributed by atoms with Crippen molar-refractivity contribution in [3.05, 3.63) is 29.3 Å². The quantitative estimate of drug-likeness (QED) is 0.807. The van der Waals surface area contributed by atoms with Gasteiger partial charge in [0.25, 0.3) is 0 Å². The predicted octanol–water partition coefficient (Wildman–Crippen LogP) is 2.39. The van der Waals surface area contributed by atoms with Gasteiger partial charge in [0, 0.05) is 19.6 Å². The molecule has 3 nitrogen and oxygen atoms in total. The van der Waals surface area contributed by atoms with Crippen molar-refractivity contribution in [3.63, 3.8) is 0 Å². The molecule has 0 aliphatic carbocycles. The summed E-state index contributed by atoms with van der Waals surface area (Å²) in [5.41, 5.74) is 8.19. The van der Waals surface area contributed by atoms with Crippen molar-refractivity contribution in [2.45, 2.75) is 26.7 Å². The number of rotatable bonds is 7. The number of nitrogens with zero attached hydrogens (tertiary/aromatic N) is 1. The number of hydrogen-bond acceptors (Lipinski definition) is 3. The average Bonchev–Trinajstić information content (AvgIpc) is 2.29. The number of benzene rings is 1. The van der Waals surface area contributed by atoms with Crippen molar-refractivity contribution in [2.75, 3.05) is 33.3 Å². The van der Waals surface area contributed by atoms with E-state index < -0.39 is 0 Å². The first-order valence-corrected chi connectivity index (χ1v) is 6.66. The highest BCUT2D eigenvalue weighted by molar-refractivity contribution is 5.36. The van der Waals surface area contributed by atoms with Crippen molar-refractivity contribution < 1.29 is 4.74 Å². The smallest absolute Gasteiger partial charge is 0.119 e. The zero-order valence-corrected chi connectivity index (χ0v) is 12.1. The van der Waals surface area contributed by atoms with Gasteiger partial charge < -0.3 is 15.4 Å². The Morgan fingerprint density at radius 2 is 2.00 bits per heavy atom. The third kappa shape index (κ3) is 4.67. The number of likely N-dealkylation sites (N-methyl/N-ethyl adjacent to an activating group) is 1. The van der Waals surface area contributed by atoms with Crippen molar-refractivity contribution in [3.8, 4) is 5.75 Å². The molecule has 0 aliphatic heterocycles. The fraction of sp³-hybridized carbons (Fsp3) is 0.600. The summed E-state index contributed by atoms with van der Waals surface area (Å²) in [7, 11) is 2.06. The van der Waals surface area contributed by atoms with Crippen LogP contribution in [0.25, 0.3) is 0 Å². The molecule has 0 fully saturated rings. The summed E-state index contributed by atoms with van der Waals surface area (Å²) in [4.78, 5) is 2.18. The minimum Gasteiger partial charge on any atom is -0.492 e.